The largest absolute Gasteiger partial charge is 0.371 e. The smallest absolute Gasteiger partial charge is 0.150 e. The summed E-state index contributed by atoms with van der Waals surface area (Å²) in [5.74, 6) is 1.38. The van der Waals surface area contributed by atoms with E-state index < -0.39 is 9.84 Å². The molecule has 0 radical (unpaired) electrons. The molecule has 2 saturated heterocycles. The van der Waals surface area contributed by atoms with Crippen molar-refractivity contribution in [3.63, 3.8) is 0 Å². The second-order valence-electron chi connectivity index (χ2n) is 5.94. The summed E-state index contributed by atoms with van der Waals surface area (Å²) in [6.07, 6.45) is 2.74. The molecular weight excluding hydrogens is 322 g/mol. The van der Waals surface area contributed by atoms with Crippen LogP contribution in [0.15, 0.2) is 17.8 Å². The molecular formula is C14H17N3O3S2. The first-order valence-corrected chi connectivity index (χ1v) is 10.0. The van der Waals surface area contributed by atoms with Crippen LogP contribution in [0, 0.1) is 0 Å². The molecule has 0 aliphatic carbocycles. The van der Waals surface area contributed by atoms with Gasteiger partial charge in [-0.25, -0.2) is 18.4 Å². The minimum absolute atomic E-state index is 0.221. The standard InChI is InChI=1S/C14H17N3O3S2/c18-22(19)7-2-14(3-8-22)9-17(4-5-20-14)13-12-11(1-6-21-12)15-10-16-13/h1,6,10H,2-5,7-9H2. The number of fused-ring (bicyclic) bond motifs is 1. The van der Waals surface area contributed by atoms with E-state index in [1.807, 2.05) is 11.4 Å². The number of morpholine rings is 1. The summed E-state index contributed by atoms with van der Waals surface area (Å²) in [6, 6.07) is 1.99. The average Bonchev–Trinajstić information content (AvgIpc) is 2.99. The Bertz CT molecular complexity index is 789. The molecule has 2 aromatic heterocycles. The van der Waals surface area contributed by atoms with Gasteiger partial charge in [0, 0.05) is 13.1 Å². The number of sulfone groups is 1. The van der Waals surface area contributed by atoms with Gasteiger partial charge in [0.25, 0.3) is 0 Å². The lowest BCUT2D eigenvalue weighted by Gasteiger charge is -2.45. The Kier molecular flexibility index (Phi) is 3.35. The summed E-state index contributed by atoms with van der Waals surface area (Å²) in [4.78, 5) is 11.0. The summed E-state index contributed by atoms with van der Waals surface area (Å²) in [6.45, 7) is 2.09. The van der Waals surface area contributed by atoms with Crippen LogP contribution in [0.3, 0.4) is 0 Å². The number of hydrogen-bond acceptors (Lipinski definition) is 7. The van der Waals surface area contributed by atoms with Crippen LogP contribution in [0.1, 0.15) is 12.8 Å². The van der Waals surface area contributed by atoms with Crippen molar-refractivity contribution in [3.8, 4) is 0 Å². The number of anilines is 1. The van der Waals surface area contributed by atoms with Gasteiger partial charge in [-0.3, -0.25) is 0 Å². The van der Waals surface area contributed by atoms with Crippen molar-refractivity contribution in [3.05, 3.63) is 17.8 Å². The molecule has 118 valence electrons. The number of nitrogens with zero attached hydrogens (tertiary/aromatic N) is 3. The van der Waals surface area contributed by atoms with Gasteiger partial charge in [-0.05, 0) is 24.3 Å². The second kappa shape index (κ2) is 5.14. The van der Waals surface area contributed by atoms with Gasteiger partial charge in [0.05, 0.1) is 33.9 Å². The van der Waals surface area contributed by atoms with Gasteiger partial charge in [0.15, 0.2) is 9.84 Å². The molecule has 0 unspecified atom stereocenters. The van der Waals surface area contributed by atoms with Gasteiger partial charge in [0.1, 0.15) is 12.1 Å². The molecule has 22 heavy (non-hydrogen) atoms. The van der Waals surface area contributed by atoms with Crippen molar-refractivity contribution in [2.75, 3.05) is 36.1 Å². The highest BCUT2D eigenvalue weighted by Crippen LogP contribution is 2.35. The summed E-state index contributed by atoms with van der Waals surface area (Å²) in [7, 11) is -2.89. The van der Waals surface area contributed by atoms with Crippen molar-refractivity contribution in [2.24, 2.45) is 0 Å². The van der Waals surface area contributed by atoms with E-state index in [0.29, 0.717) is 26.0 Å². The lowest BCUT2D eigenvalue weighted by atomic mass is 9.94. The maximum absolute atomic E-state index is 11.7. The van der Waals surface area contributed by atoms with E-state index in [9.17, 15) is 8.42 Å². The fourth-order valence-corrected chi connectivity index (χ4v) is 5.67. The lowest BCUT2D eigenvalue weighted by Crippen LogP contribution is -2.55. The molecule has 2 fully saturated rings. The van der Waals surface area contributed by atoms with Crippen LogP contribution < -0.4 is 4.90 Å². The van der Waals surface area contributed by atoms with Crippen molar-refractivity contribution in [1.82, 2.24) is 9.97 Å². The molecule has 8 heteroatoms. The Hall–Kier alpha value is -1.25. The Morgan fingerprint density at radius 3 is 2.91 bits per heavy atom. The zero-order valence-corrected chi connectivity index (χ0v) is 13.7. The molecule has 2 aliphatic heterocycles. The van der Waals surface area contributed by atoms with Crippen LogP contribution in [0.4, 0.5) is 5.82 Å². The van der Waals surface area contributed by atoms with E-state index in [4.69, 9.17) is 4.74 Å². The number of thiophene rings is 1. The van der Waals surface area contributed by atoms with E-state index in [0.717, 1.165) is 22.6 Å². The number of aromatic nitrogens is 2. The highest BCUT2D eigenvalue weighted by molar-refractivity contribution is 7.91. The quantitative estimate of drug-likeness (QED) is 0.783. The van der Waals surface area contributed by atoms with Crippen LogP contribution in [0.5, 0.6) is 0 Å². The zero-order valence-electron chi connectivity index (χ0n) is 12.1. The first kappa shape index (κ1) is 14.3. The third-order valence-electron chi connectivity index (χ3n) is 4.51. The molecule has 0 bridgehead atoms. The molecule has 0 saturated carbocycles. The van der Waals surface area contributed by atoms with Crippen molar-refractivity contribution >= 4 is 37.2 Å². The third kappa shape index (κ3) is 2.49. The van der Waals surface area contributed by atoms with Gasteiger partial charge in [-0.15, -0.1) is 11.3 Å². The molecule has 4 heterocycles. The maximum Gasteiger partial charge on any atom is 0.150 e. The Morgan fingerprint density at radius 2 is 2.09 bits per heavy atom. The molecule has 0 amide bonds. The first-order chi connectivity index (χ1) is 10.6. The number of hydrogen-bond donors (Lipinski definition) is 0. The predicted molar refractivity (Wildman–Crippen MR) is 86.2 cm³/mol. The topological polar surface area (TPSA) is 72.4 Å². The minimum atomic E-state index is -2.89. The van der Waals surface area contributed by atoms with Crippen molar-refractivity contribution < 1.29 is 13.2 Å². The minimum Gasteiger partial charge on any atom is -0.371 e. The van der Waals surface area contributed by atoms with Gasteiger partial charge < -0.3 is 9.64 Å². The molecule has 0 aromatic carbocycles. The SMILES string of the molecule is O=S1(=O)CCC2(CC1)CN(c1ncnc3ccsc13)CCO2. The van der Waals surface area contributed by atoms with Crippen molar-refractivity contribution in [1.29, 1.82) is 0 Å². The average molecular weight is 339 g/mol. The Morgan fingerprint density at radius 1 is 1.27 bits per heavy atom. The molecule has 4 rings (SSSR count). The maximum atomic E-state index is 11.7. The number of rotatable bonds is 1. The predicted octanol–water partition coefficient (Wildman–Crippen LogP) is 1.48. The molecule has 6 nitrogen and oxygen atoms in total. The van der Waals surface area contributed by atoms with Gasteiger partial charge in [-0.2, -0.15) is 0 Å². The van der Waals surface area contributed by atoms with E-state index in [1.165, 1.54) is 0 Å². The third-order valence-corrected chi connectivity index (χ3v) is 7.06. The fourth-order valence-electron chi connectivity index (χ4n) is 3.24. The first-order valence-electron chi connectivity index (χ1n) is 7.35. The summed E-state index contributed by atoms with van der Waals surface area (Å²) >= 11 is 1.64. The molecule has 1 spiro atoms. The van der Waals surface area contributed by atoms with E-state index in [2.05, 4.69) is 14.9 Å². The fraction of sp³-hybridized carbons (Fsp3) is 0.571. The Balaban J connectivity index is 1.63. The van der Waals surface area contributed by atoms with Crippen LogP contribution in [0.2, 0.25) is 0 Å². The zero-order chi connectivity index (χ0) is 15.2. The molecule has 2 aliphatic rings. The Labute approximate surface area is 133 Å². The van der Waals surface area contributed by atoms with Crippen LogP contribution in [-0.4, -0.2) is 55.2 Å². The van der Waals surface area contributed by atoms with Crippen LogP contribution in [-0.2, 0) is 14.6 Å². The summed E-state index contributed by atoms with van der Waals surface area (Å²) < 4.78 is 30.4. The van der Waals surface area contributed by atoms with Gasteiger partial charge in [0.2, 0.25) is 0 Å². The van der Waals surface area contributed by atoms with Gasteiger partial charge >= 0.3 is 0 Å². The van der Waals surface area contributed by atoms with E-state index in [1.54, 1.807) is 17.7 Å². The second-order valence-corrected chi connectivity index (χ2v) is 9.16. The van der Waals surface area contributed by atoms with E-state index in [-0.39, 0.29) is 17.1 Å². The molecule has 0 atom stereocenters. The summed E-state index contributed by atoms with van der Waals surface area (Å²) in [5, 5.41) is 2.02. The highest BCUT2D eigenvalue weighted by atomic mass is 32.2. The lowest BCUT2D eigenvalue weighted by molar-refractivity contribution is -0.0617. The van der Waals surface area contributed by atoms with Gasteiger partial charge in [-0.1, -0.05) is 0 Å². The van der Waals surface area contributed by atoms with Crippen molar-refractivity contribution in [2.45, 2.75) is 18.4 Å². The molecule has 2 aromatic rings. The number of ether oxygens (including phenoxy) is 1. The van der Waals surface area contributed by atoms with E-state index >= 15 is 0 Å². The highest BCUT2D eigenvalue weighted by Gasteiger charge is 2.42. The molecule has 0 N–H and O–H groups in total. The summed E-state index contributed by atoms with van der Waals surface area (Å²) in [5.41, 5.74) is 0.611. The normalized spacial score (nSPS) is 23.9. The monoisotopic (exact) mass is 339 g/mol. The van der Waals surface area contributed by atoms with Crippen LogP contribution >= 0.6 is 11.3 Å². The van der Waals surface area contributed by atoms with Crippen LogP contribution in [0.25, 0.3) is 10.2 Å².